The third-order valence-electron chi connectivity index (χ3n) is 9.36. The van der Waals surface area contributed by atoms with Crippen LogP contribution in [0.5, 0.6) is 0 Å². The van der Waals surface area contributed by atoms with Gasteiger partial charge in [-0.1, -0.05) is 60.7 Å². The zero-order chi connectivity index (χ0) is 37.1. The molecule has 4 rings (SSSR count). The number of carbonyl (C=O) groups excluding carboxylic acids is 7. The number of carbonyl (C=O) groups is 7. The zero-order valence-corrected chi connectivity index (χ0v) is 29.6. The molecule has 274 valence electrons. The van der Waals surface area contributed by atoms with E-state index in [9.17, 15) is 33.6 Å². The molecule has 51 heavy (non-hydrogen) atoms. The molecule has 3 N–H and O–H groups in total. The Morgan fingerprint density at radius 2 is 1.55 bits per heavy atom. The molecule has 6 amide bonds. The van der Waals surface area contributed by atoms with Crippen molar-refractivity contribution >= 4 is 41.4 Å². The van der Waals surface area contributed by atoms with E-state index >= 15 is 0 Å². The van der Waals surface area contributed by atoms with Crippen LogP contribution in [0.25, 0.3) is 0 Å². The summed E-state index contributed by atoms with van der Waals surface area (Å²) in [7, 11) is 1.46. The predicted molar refractivity (Wildman–Crippen MR) is 187 cm³/mol. The van der Waals surface area contributed by atoms with E-state index in [0.29, 0.717) is 25.7 Å². The molecule has 0 radical (unpaired) electrons. The van der Waals surface area contributed by atoms with Crippen molar-refractivity contribution < 1.29 is 38.3 Å². The zero-order valence-electron chi connectivity index (χ0n) is 29.6. The van der Waals surface area contributed by atoms with Crippen LogP contribution in [0.2, 0.25) is 0 Å². The third kappa shape index (κ3) is 9.92. The van der Waals surface area contributed by atoms with Gasteiger partial charge in [-0.15, -0.1) is 0 Å². The molecule has 3 aliphatic rings. The average molecular weight is 705 g/mol. The molecule has 0 aromatic heterocycles. The second-order valence-corrected chi connectivity index (χ2v) is 12.9. The van der Waals surface area contributed by atoms with Gasteiger partial charge in [0.1, 0.15) is 42.9 Å². The Balaban J connectivity index is 1.64. The lowest BCUT2D eigenvalue weighted by Gasteiger charge is -2.34. The van der Waals surface area contributed by atoms with Gasteiger partial charge in [0, 0.05) is 32.6 Å². The third-order valence-corrected chi connectivity index (χ3v) is 9.36. The first-order chi connectivity index (χ1) is 24.4. The molecule has 0 bridgehead atoms. The number of cyclic esters (lactones) is 1. The number of nitrogens with zero attached hydrogens (tertiary/aromatic N) is 3. The minimum absolute atomic E-state index is 0.0915. The Kier molecular flexibility index (Phi) is 13.7. The van der Waals surface area contributed by atoms with Crippen LogP contribution in [-0.2, 0) is 44.7 Å². The number of hydrogen-bond donors (Lipinski definition) is 3. The Hall–Kier alpha value is -5.27. The monoisotopic (exact) mass is 704 g/mol. The number of benzene rings is 1. The fourth-order valence-corrected chi connectivity index (χ4v) is 6.38. The summed E-state index contributed by atoms with van der Waals surface area (Å²) in [6.07, 6.45) is 11.6. The first kappa shape index (κ1) is 38.5. The Bertz CT molecular complexity index is 1560. The molecule has 0 aliphatic carbocycles. The van der Waals surface area contributed by atoms with Gasteiger partial charge in [-0.05, 0) is 52.0 Å². The van der Waals surface area contributed by atoms with E-state index in [1.807, 2.05) is 19.1 Å². The SMILES string of the molecule is C/C=C/C=C/C=C/C(=O)N[C@@H](Cc1ccccc1)C(=O)NC1COC(=O)[C@@H]2CCCN2C(=O)[C@H](C)NC(=O)[C@H](C)N(C)C(=O)[C@@H]2CCCN2C1=O. The lowest BCUT2D eigenvalue weighted by Crippen LogP contribution is -2.60. The minimum Gasteiger partial charge on any atom is -0.461 e. The summed E-state index contributed by atoms with van der Waals surface area (Å²) in [5.41, 5.74) is 0.747. The van der Waals surface area contributed by atoms with Crippen LogP contribution in [0.15, 0.2) is 66.8 Å². The number of amides is 6. The predicted octanol–water partition coefficient (Wildman–Crippen LogP) is 0.778. The van der Waals surface area contributed by atoms with Gasteiger partial charge in [0.2, 0.25) is 35.4 Å². The highest BCUT2D eigenvalue weighted by Gasteiger charge is 2.43. The first-order valence-electron chi connectivity index (χ1n) is 17.4. The van der Waals surface area contributed by atoms with Crippen LogP contribution in [0.1, 0.15) is 52.0 Å². The van der Waals surface area contributed by atoms with Crippen molar-refractivity contribution in [3.63, 3.8) is 0 Å². The summed E-state index contributed by atoms with van der Waals surface area (Å²) in [6, 6.07) is 2.64. The molecule has 1 unspecified atom stereocenters. The van der Waals surface area contributed by atoms with Crippen molar-refractivity contribution in [2.45, 2.75) is 89.1 Å². The minimum atomic E-state index is -1.42. The highest BCUT2D eigenvalue weighted by atomic mass is 16.5. The molecule has 6 atom stereocenters. The van der Waals surface area contributed by atoms with Gasteiger partial charge in [0.05, 0.1) is 0 Å². The lowest BCUT2D eigenvalue weighted by atomic mass is 10.0. The molecule has 0 spiro atoms. The van der Waals surface area contributed by atoms with E-state index < -0.39 is 84.3 Å². The largest absolute Gasteiger partial charge is 0.461 e. The van der Waals surface area contributed by atoms with Crippen LogP contribution < -0.4 is 16.0 Å². The summed E-state index contributed by atoms with van der Waals surface area (Å²) in [5, 5.41) is 8.05. The van der Waals surface area contributed by atoms with E-state index in [2.05, 4.69) is 16.0 Å². The normalized spacial score (nSPS) is 26.0. The van der Waals surface area contributed by atoms with Gasteiger partial charge in [0.15, 0.2) is 0 Å². The van der Waals surface area contributed by atoms with Crippen LogP contribution in [-0.4, -0.2) is 119 Å². The molecule has 3 heterocycles. The van der Waals surface area contributed by atoms with Gasteiger partial charge in [0.25, 0.3) is 0 Å². The molecule has 14 nitrogen and oxygen atoms in total. The lowest BCUT2D eigenvalue weighted by molar-refractivity contribution is -0.158. The van der Waals surface area contributed by atoms with Crippen molar-refractivity contribution in [2.75, 3.05) is 26.7 Å². The van der Waals surface area contributed by atoms with Gasteiger partial charge >= 0.3 is 5.97 Å². The van der Waals surface area contributed by atoms with E-state index in [0.717, 1.165) is 5.56 Å². The van der Waals surface area contributed by atoms with Crippen LogP contribution in [0, 0.1) is 0 Å². The first-order valence-corrected chi connectivity index (χ1v) is 17.4. The topological polar surface area (TPSA) is 175 Å². The Morgan fingerprint density at radius 3 is 2.24 bits per heavy atom. The second kappa shape index (κ2) is 18.1. The number of fused-ring (bicyclic) bond motifs is 2. The summed E-state index contributed by atoms with van der Waals surface area (Å²) in [6.45, 7) is 4.80. The van der Waals surface area contributed by atoms with Gasteiger partial charge in [-0.3, -0.25) is 28.8 Å². The van der Waals surface area contributed by atoms with Gasteiger partial charge in [-0.2, -0.15) is 0 Å². The summed E-state index contributed by atoms with van der Waals surface area (Å²) in [5.74, 6) is -4.19. The van der Waals surface area contributed by atoms with E-state index in [1.165, 1.54) is 47.7 Å². The van der Waals surface area contributed by atoms with Crippen molar-refractivity contribution in [1.29, 1.82) is 0 Å². The second-order valence-electron chi connectivity index (χ2n) is 12.9. The Labute approximate surface area is 298 Å². The standard InChI is InChI=1S/C37H48N6O8/c1-5-6-7-8-12-19-31(44)39-27(22-26-15-10-9-11-16-26)33(46)40-28-23-51-37(50)30-18-14-21-43(30)34(47)24(2)38-32(45)25(3)41(4)36(49)29-17-13-20-42(29)35(28)48/h5-12,15-16,19,24-25,27-30H,13-14,17-18,20-23H2,1-4H3,(H,38,45)(H,39,44)(H,40,46)/b6-5+,8-7+,19-12+/t24-,25-,27-,28?,29-,30-/m0/s1. The van der Waals surface area contributed by atoms with Crippen LogP contribution in [0.3, 0.4) is 0 Å². The molecule has 1 aromatic carbocycles. The molecule has 3 aliphatic heterocycles. The van der Waals surface area contributed by atoms with Gasteiger partial charge in [-0.25, -0.2) is 4.79 Å². The molecular formula is C37H48N6O8. The summed E-state index contributed by atoms with van der Waals surface area (Å²) in [4.78, 5) is 98.6. The fraction of sp³-hybridized carbons (Fsp3) is 0.486. The number of nitrogens with one attached hydrogen (secondary N) is 3. The quantitative estimate of drug-likeness (QED) is 0.202. The number of ether oxygens (including phenoxy) is 1. The van der Waals surface area contributed by atoms with Crippen molar-refractivity contribution in [1.82, 2.24) is 30.7 Å². The molecule has 3 fully saturated rings. The number of rotatable bonds is 8. The molecule has 0 saturated carbocycles. The van der Waals surface area contributed by atoms with Crippen LogP contribution in [0.4, 0.5) is 0 Å². The van der Waals surface area contributed by atoms with E-state index in [-0.39, 0.29) is 19.5 Å². The maximum atomic E-state index is 14.2. The van der Waals surface area contributed by atoms with Crippen LogP contribution >= 0.6 is 0 Å². The van der Waals surface area contributed by atoms with Gasteiger partial charge < -0.3 is 35.4 Å². The highest BCUT2D eigenvalue weighted by Crippen LogP contribution is 2.23. The fourth-order valence-electron chi connectivity index (χ4n) is 6.38. The van der Waals surface area contributed by atoms with E-state index in [1.54, 1.807) is 42.5 Å². The molecule has 1 aromatic rings. The van der Waals surface area contributed by atoms with Crippen molar-refractivity contribution in [3.8, 4) is 0 Å². The summed E-state index contributed by atoms with van der Waals surface area (Å²) >= 11 is 0. The number of likely N-dealkylation sites (N-methyl/N-ethyl adjacent to an activating group) is 1. The average Bonchev–Trinajstić information content (AvgIpc) is 3.82. The smallest absolute Gasteiger partial charge is 0.328 e. The van der Waals surface area contributed by atoms with Crippen molar-refractivity contribution in [2.24, 2.45) is 0 Å². The maximum Gasteiger partial charge on any atom is 0.328 e. The number of esters is 1. The van der Waals surface area contributed by atoms with Crippen molar-refractivity contribution in [3.05, 3.63) is 72.4 Å². The molecule has 3 saturated heterocycles. The maximum absolute atomic E-state index is 14.2. The molecule has 14 heteroatoms. The Morgan fingerprint density at radius 1 is 0.902 bits per heavy atom. The number of hydrogen-bond acceptors (Lipinski definition) is 8. The number of allylic oxidation sites excluding steroid dienone is 5. The summed E-state index contributed by atoms with van der Waals surface area (Å²) < 4.78 is 5.63. The molecular weight excluding hydrogens is 656 g/mol. The van der Waals surface area contributed by atoms with E-state index in [4.69, 9.17) is 4.74 Å². The highest BCUT2D eigenvalue weighted by molar-refractivity contribution is 5.98.